The Hall–Kier alpha value is -3.77. The zero-order chi connectivity index (χ0) is 23.3. The number of likely N-dealkylation sites (tertiary alicyclic amines) is 1. The summed E-state index contributed by atoms with van der Waals surface area (Å²) < 4.78 is 5.84. The van der Waals surface area contributed by atoms with Gasteiger partial charge in [0.1, 0.15) is 0 Å². The van der Waals surface area contributed by atoms with E-state index in [1.54, 1.807) is 0 Å². The number of aryl methyl sites for hydroxylation is 1. The summed E-state index contributed by atoms with van der Waals surface area (Å²) in [5.41, 5.74) is 4.81. The van der Waals surface area contributed by atoms with Crippen LogP contribution in [0, 0.1) is 6.92 Å². The second kappa shape index (κ2) is 10.0. The molecule has 0 bridgehead atoms. The van der Waals surface area contributed by atoms with E-state index >= 15 is 0 Å². The number of piperidine rings is 1. The summed E-state index contributed by atoms with van der Waals surface area (Å²) in [7, 11) is 0. The fourth-order valence-corrected chi connectivity index (χ4v) is 4.26. The minimum Gasteiger partial charge on any atom is -0.416 e. The first-order valence-corrected chi connectivity index (χ1v) is 11.7. The van der Waals surface area contributed by atoms with E-state index < -0.39 is 0 Å². The summed E-state index contributed by atoms with van der Waals surface area (Å²) in [5, 5.41) is 11.5. The van der Waals surface area contributed by atoms with Crippen molar-refractivity contribution >= 4 is 5.91 Å². The number of nitrogens with one attached hydrogen (secondary N) is 1. The molecule has 172 valence electrons. The van der Waals surface area contributed by atoms with Crippen molar-refractivity contribution in [2.75, 3.05) is 13.1 Å². The predicted octanol–water partition coefficient (Wildman–Crippen LogP) is 5.11. The van der Waals surface area contributed by atoms with E-state index in [0.29, 0.717) is 17.3 Å². The average Bonchev–Trinajstić information content (AvgIpc) is 3.37. The van der Waals surface area contributed by atoms with Gasteiger partial charge in [-0.25, -0.2) is 0 Å². The molecule has 1 aliphatic heterocycles. The summed E-state index contributed by atoms with van der Waals surface area (Å²) >= 11 is 0. The third kappa shape index (κ3) is 5.24. The van der Waals surface area contributed by atoms with E-state index in [2.05, 4.69) is 44.7 Å². The van der Waals surface area contributed by atoms with Crippen molar-refractivity contribution in [2.24, 2.45) is 0 Å². The zero-order valence-electron chi connectivity index (χ0n) is 19.3. The number of carbonyl (C=O) groups is 1. The summed E-state index contributed by atoms with van der Waals surface area (Å²) in [5.74, 6) is 0.877. The van der Waals surface area contributed by atoms with E-state index in [9.17, 15) is 4.79 Å². The highest BCUT2D eigenvalue weighted by Crippen LogP contribution is 2.24. The van der Waals surface area contributed by atoms with Gasteiger partial charge >= 0.3 is 0 Å². The van der Waals surface area contributed by atoms with Crippen LogP contribution in [0.2, 0.25) is 0 Å². The van der Waals surface area contributed by atoms with Crippen LogP contribution in [0.3, 0.4) is 0 Å². The second-order valence-electron chi connectivity index (χ2n) is 8.87. The fourth-order valence-electron chi connectivity index (χ4n) is 4.26. The molecule has 3 aromatic carbocycles. The molecule has 1 N–H and O–H groups in total. The first-order valence-electron chi connectivity index (χ1n) is 11.7. The number of rotatable bonds is 6. The molecule has 6 heteroatoms. The van der Waals surface area contributed by atoms with Crippen LogP contribution in [0.1, 0.15) is 34.3 Å². The third-order valence-electron chi connectivity index (χ3n) is 6.29. The van der Waals surface area contributed by atoms with Crippen molar-refractivity contribution in [1.29, 1.82) is 0 Å². The van der Waals surface area contributed by atoms with Gasteiger partial charge in [-0.05, 0) is 61.7 Å². The molecule has 1 aromatic heterocycles. The lowest BCUT2D eigenvalue weighted by atomic mass is 10.0. The number of benzene rings is 3. The largest absolute Gasteiger partial charge is 0.416 e. The Labute approximate surface area is 199 Å². The van der Waals surface area contributed by atoms with Crippen molar-refractivity contribution in [2.45, 2.75) is 32.4 Å². The third-order valence-corrected chi connectivity index (χ3v) is 6.29. The molecular formula is C28H28N4O2. The van der Waals surface area contributed by atoms with Crippen LogP contribution in [0.4, 0.5) is 0 Å². The Morgan fingerprint density at radius 2 is 1.47 bits per heavy atom. The maximum atomic E-state index is 12.8. The molecule has 0 radical (unpaired) electrons. The lowest BCUT2D eigenvalue weighted by Gasteiger charge is -2.32. The first kappa shape index (κ1) is 22.0. The van der Waals surface area contributed by atoms with E-state index in [1.165, 1.54) is 11.1 Å². The highest BCUT2D eigenvalue weighted by Gasteiger charge is 2.21. The molecule has 0 unspecified atom stereocenters. The van der Waals surface area contributed by atoms with Crippen LogP contribution in [-0.2, 0) is 6.54 Å². The molecule has 4 aromatic rings. The lowest BCUT2D eigenvalue weighted by molar-refractivity contribution is 0.0909. The zero-order valence-corrected chi connectivity index (χ0v) is 19.3. The molecule has 0 spiro atoms. The minimum atomic E-state index is -0.0427. The molecule has 5 rings (SSSR count). The number of amides is 1. The monoisotopic (exact) mass is 452 g/mol. The van der Waals surface area contributed by atoms with E-state index in [1.807, 2.05) is 61.5 Å². The van der Waals surface area contributed by atoms with Crippen LogP contribution in [0.25, 0.3) is 22.9 Å². The van der Waals surface area contributed by atoms with Gasteiger partial charge in [-0.1, -0.05) is 48.0 Å². The number of carbonyl (C=O) groups excluding carboxylic acids is 1. The summed E-state index contributed by atoms with van der Waals surface area (Å²) in [6.45, 7) is 4.97. The van der Waals surface area contributed by atoms with Gasteiger partial charge in [0.2, 0.25) is 11.8 Å². The SMILES string of the molecule is Cc1ccc(-c2nnc(-c3ccc(C(=O)NC4CCN(Cc5ccccc5)CC4)cc3)o2)cc1. The quantitative estimate of drug-likeness (QED) is 0.440. The number of nitrogens with zero attached hydrogens (tertiary/aromatic N) is 3. The van der Waals surface area contributed by atoms with Gasteiger partial charge in [-0.3, -0.25) is 9.69 Å². The standard InChI is InChI=1S/C28H28N4O2/c1-20-7-9-23(10-8-20)27-30-31-28(34-27)24-13-11-22(12-14-24)26(33)29-25-15-17-32(18-16-25)19-21-5-3-2-4-6-21/h2-14,25H,15-19H2,1H3,(H,29,33). The Bertz CT molecular complexity index is 1230. The van der Waals surface area contributed by atoms with Gasteiger partial charge in [0.15, 0.2) is 0 Å². The maximum absolute atomic E-state index is 12.8. The van der Waals surface area contributed by atoms with Crippen molar-refractivity contribution in [1.82, 2.24) is 20.4 Å². The topological polar surface area (TPSA) is 71.3 Å². The van der Waals surface area contributed by atoms with Crippen LogP contribution >= 0.6 is 0 Å². The molecule has 1 amide bonds. The van der Waals surface area contributed by atoms with E-state index in [-0.39, 0.29) is 11.9 Å². The second-order valence-corrected chi connectivity index (χ2v) is 8.87. The molecule has 1 saturated heterocycles. The molecule has 0 atom stereocenters. The van der Waals surface area contributed by atoms with Gasteiger partial charge in [0.05, 0.1) is 0 Å². The van der Waals surface area contributed by atoms with Gasteiger partial charge in [-0.2, -0.15) is 0 Å². The van der Waals surface area contributed by atoms with Crippen molar-refractivity contribution in [3.05, 3.63) is 95.6 Å². The van der Waals surface area contributed by atoms with Gasteiger partial charge < -0.3 is 9.73 Å². The van der Waals surface area contributed by atoms with Crippen LogP contribution < -0.4 is 5.32 Å². The number of hydrogen-bond donors (Lipinski definition) is 1. The van der Waals surface area contributed by atoms with Crippen LogP contribution in [0.15, 0.2) is 83.3 Å². The average molecular weight is 453 g/mol. The van der Waals surface area contributed by atoms with Crippen LogP contribution in [-0.4, -0.2) is 40.1 Å². The molecule has 1 aliphatic rings. The number of hydrogen-bond acceptors (Lipinski definition) is 5. The van der Waals surface area contributed by atoms with Gasteiger partial charge in [0, 0.05) is 42.4 Å². The molecule has 6 nitrogen and oxygen atoms in total. The summed E-state index contributed by atoms with van der Waals surface area (Å²) in [4.78, 5) is 15.2. The minimum absolute atomic E-state index is 0.0427. The Kier molecular flexibility index (Phi) is 6.49. The Morgan fingerprint density at radius 3 is 2.09 bits per heavy atom. The maximum Gasteiger partial charge on any atom is 0.251 e. The van der Waals surface area contributed by atoms with Gasteiger partial charge in [0.25, 0.3) is 5.91 Å². The normalized spacial score (nSPS) is 14.7. The molecule has 0 aliphatic carbocycles. The Morgan fingerprint density at radius 1 is 0.882 bits per heavy atom. The van der Waals surface area contributed by atoms with Crippen molar-refractivity contribution in [3.8, 4) is 22.9 Å². The fraction of sp³-hybridized carbons (Fsp3) is 0.250. The highest BCUT2D eigenvalue weighted by molar-refractivity contribution is 5.94. The van der Waals surface area contributed by atoms with E-state index in [4.69, 9.17) is 4.42 Å². The Balaban J connectivity index is 1.15. The number of aromatic nitrogens is 2. The first-order chi connectivity index (χ1) is 16.6. The molecule has 0 saturated carbocycles. The summed E-state index contributed by atoms with van der Waals surface area (Å²) in [6.07, 6.45) is 1.92. The van der Waals surface area contributed by atoms with Crippen molar-refractivity contribution in [3.63, 3.8) is 0 Å². The highest BCUT2D eigenvalue weighted by atomic mass is 16.4. The lowest BCUT2D eigenvalue weighted by Crippen LogP contribution is -2.44. The summed E-state index contributed by atoms with van der Waals surface area (Å²) in [6, 6.07) is 26.0. The van der Waals surface area contributed by atoms with Gasteiger partial charge in [-0.15, -0.1) is 10.2 Å². The molecule has 2 heterocycles. The van der Waals surface area contributed by atoms with Crippen molar-refractivity contribution < 1.29 is 9.21 Å². The predicted molar refractivity (Wildman–Crippen MR) is 132 cm³/mol. The van der Waals surface area contributed by atoms with Crippen LogP contribution in [0.5, 0.6) is 0 Å². The molecule has 34 heavy (non-hydrogen) atoms. The molecule has 1 fully saturated rings. The smallest absolute Gasteiger partial charge is 0.251 e. The van der Waals surface area contributed by atoms with E-state index in [0.717, 1.165) is 43.6 Å². The molecular weight excluding hydrogens is 424 g/mol.